The highest BCUT2D eigenvalue weighted by molar-refractivity contribution is 6.31. The zero-order valence-electron chi connectivity index (χ0n) is 29.9. The summed E-state index contributed by atoms with van der Waals surface area (Å²) >= 11 is 6.11. The van der Waals surface area contributed by atoms with Crippen molar-refractivity contribution in [2.75, 3.05) is 19.6 Å². The monoisotopic (exact) mass is 692 g/mol. The van der Waals surface area contributed by atoms with Gasteiger partial charge in [-0.1, -0.05) is 77.8 Å². The van der Waals surface area contributed by atoms with Crippen LogP contribution in [0.25, 0.3) is 16.7 Å². The summed E-state index contributed by atoms with van der Waals surface area (Å²) in [6.45, 7) is 15.5. The fourth-order valence-electron chi connectivity index (χ4n) is 5.98. The van der Waals surface area contributed by atoms with E-state index in [1.54, 1.807) is 10.6 Å². The van der Waals surface area contributed by atoms with E-state index in [0.717, 1.165) is 72.4 Å². The minimum Gasteiger partial charge on any atom is -0.370 e. The number of aryl methyl sites for hydroxylation is 1. The van der Waals surface area contributed by atoms with Crippen LogP contribution in [0, 0.1) is 11.2 Å². The average Bonchev–Trinajstić information content (AvgIpc) is 3.43. The smallest absolute Gasteiger partial charge is 0.354 e. The van der Waals surface area contributed by atoms with E-state index in [9.17, 15) is 9.18 Å². The predicted octanol–water partition coefficient (Wildman–Crippen LogP) is 6.60. The van der Waals surface area contributed by atoms with Crippen LogP contribution in [0.4, 0.5) is 4.39 Å². The molecule has 0 saturated heterocycles. The molecule has 266 valence electrons. The van der Waals surface area contributed by atoms with Crippen molar-refractivity contribution in [1.29, 1.82) is 0 Å². The average molecular weight is 693 g/mol. The first-order chi connectivity index (χ1) is 23.0. The Hall–Kier alpha value is -3.73. The number of aromatic nitrogens is 3. The van der Waals surface area contributed by atoms with E-state index in [-0.39, 0.29) is 33.3 Å². The SMILES string of the molecule is CC(C)(C)c1cc(CCC2(CN)CCC2)cc(F)c1Cl.CC(C)(C)c1cc2cn(-c3ccc(CNCCCN=C(N)N)cc3)c(=O)nc2[nH]1. The zero-order valence-corrected chi connectivity index (χ0v) is 30.7. The number of H-pyrrole nitrogens is 1. The molecule has 5 rings (SSSR count). The van der Waals surface area contributed by atoms with Crippen molar-refractivity contribution >= 4 is 28.6 Å². The van der Waals surface area contributed by atoms with Gasteiger partial charge in [0.15, 0.2) is 5.96 Å². The van der Waals surface area contributed by atoms with Crippen molar-refractivity contribution < 1.29 is 4.39 Å². The van der Waals surface area contributed by atoms with E-state index < -0.39 is 0 Å². The summed E-state index contributed by atoms with van der Waals surface area (Å²) in [5, 5.41) is 4.53. The summed E-state index contributed by atoms with van der Waals surface area (Å²) in [5.41, 5.74) is 21.8. The van der Waals surface area contributed by atoms with E-state index in [4.69, 9.17) is 28.8 Å². The molecule has 0 atom stereocenters. The Kier molecular flexibility index (Phi) is 12.3. The first-order valence-corrected chi connectivity index (χ1v) is 17.6. The summed E-state index contributed by atoms with van der Waals surface area (Å²) in [5.74, 6) is -0.178. The molecule has 0 bridgehead atoms. The van der Waals surface area contributed by atoms with Gasteiger partial charge < -0.3 is 27.5 Å². The molecule has 0 spiro atoms. The fourth-order valence-corrected chi connectivity index (χ4v) is 6.37. The lowest BCUT2D eigenvalue weighted by atomic mass is 9.66. The Morgan fingerprint density at radius 1 is 1.06 bits per heavy atom. The molecule has 0 amide bonds. The quantitative estimate of drug-likeness (QED) is 0.0678. The molecule has 1 aliphatic rings. The topological polar surface area (TPSA) is 153 Å². The zero-order chi connectivity index (χ0) is 36.0. The number of nitrogens with two attached hydrogens (primary N) is 3. The Labute approximate surface area is 294 Å². The number of hydrogen-bond acceptors (Lipinski definition) is 5. The number of benzene rings is 2. The van der Waals surface area contributed by atoms with Gasteiger partial charge in [0.05, 0.1) is 10.7 Å². The van der Waals surface area contributed by atoms with Crippen LogP contribution in [0.2, 0.25) is 5.02 Å². The molecule has 1 saturated carbocycles. The van der Waals surface area contributed by atoms with Crippen LogP contribution in [0.15, 0.2) is 58.4 Å². The molecule has 0 radical (unpaired) electrons. The van der Waals surface area contributed by atoms with E-state index >= 15 is 0 Å². The second kappa shape index (κ2) is 15.9. The maximum atomic E-state index is 14.0. The number of rotatable bonds is 11. The van der Waals surface area contributed by atoms with Crippen LogP contribution in [-0.2, 0) is 23.8 Å². The van der Waals surface area contributed by atoms with Crippen molar-refractivity contribution in [3.05, 3.63) is 92.4 Å². The van der Waals surface area contributed by atoms with Crippen molar-refractivity contribution in [2.45, 2.75) is 97.4 Å². The molecule has 2 aromatic carbocycles. The van der Waals surface area contributed by atoms with Crippen LogP contribution in [0.5, 0.6) is 0 Å². The van der Waals surface area contributed by atoms with Crippen LogP contribution in [-0.4, -0.2) is 40.1 Å². The van der Waals surface area contributed by atoms with Crippen molar-refractivity contribution in [1.82, 2.24) is 19.9 Å². The molecule has 1 aliphatic carbocycles. The van der Waals surface area contributed by atoms with Gasteiger partial charge in [-0.15, -0.1) is 0 Å². The Morgan fingerprint density at radius 2 is 1.76 bits per heavy atom. The van der Waals surface area contributed by atoms with E-state index in [2.05, 4.69) is 74.0 Å². The maximum Gasteiger partial charge on any atom is 0.354 e. The molecule has 0 aliphatic heterocycles. The largest absolute Gasteiger partial charge is 0.370 e. The van der Waals surface area contributed by atoms with Crippen LogP contribution >= 0.6 is 11.6 Å². The Bertz CT molecular complexity index is 1780. The lowest BCUT2D eigenvalue weighted by molar-refractivity contribution is 0.131. The highest BCUT2D eigenvalue weighted by atomic mass is 35.5. The molecular weight excluding hydrogens is 639 g/mol. The van der Waals surface area contributed by atoms with Gasteiger partial charge in [0.1, 0.15) is 11.5 Å². The van der Waals surface area contributed by atoms with Crippen LogP contribution in [0.1, 0.15) is 96.0 Å². The third-order valence-electron chi connectivity index (χ3n) is 9.35. The number of halogens is 2. The van der Waals surface area contributed by atoms with Gasteiger partial charge in [-0.25, -0.2) is 9.18 Å². The number of aromatic amines is 1. The third kappa shape index (κ3) is 10.2. The first-order valence-electron chi connectivity index (χ1n) is 17.2. The molecule has 11 heteroatoms. The summed E-state index contributed by atoms with van der Waals surface area (Å²) in [6, 6.07) is 13.6. The summed E-state index contributed by atoms with van der Waals surface area (Å²) < 4.78 is 15.6. The molecule has 1 fully saturated rings. The van der Waals surface area contributed by atoms with Gasteiger partial charge in [-0.2, -0.15) is 4.98 Å². The molecule has 4 aromatic rings. The number of fused-ring (bicyclic) bond motifs is 1. The minimum atomic E-state index is -0.301. The third-order valence-corrected chi connectivity index (χ3v) is 9.74. The van der Waals surface area contributed by atoms with Gasteiger partial charge in [0.25, 0.3) is 0 Å². The molecule has 2 heterocycles. The highest BCUT2D eigenvalue weighted by Gasteiger charge is 2.35. The molecule has 49 heavy (non-hydrogen) atoms. The van der Waals surface area contributed by atoms with Crippen molar-refractivity contribution in [2.24, 2.45) is 27.6 Å². The Morgan fingerprint density at radius 3 is 2.33 bits per heavy atom. The number of aliphatic imine (C=N–C) groups is 1. The van der Waals surface area contributed by atoms with Crippen LogP contribution < -0.4 is 28.2 Å². The van der Waals surface area contributed by atoms with Gasteiger partial charge in [-0.3, -0.25) is 9.56 Å². The molecule has 8 N–H and O–H groups in total. The number of nitrogens with one attached hydrogen (secondary N) is 2. The number of guanidine groups is 1. The molecule has 0 unspecified atom stereocenters. The van der Waals surface area contributed by atoms with Gasteiger partial charge in [0, 0.05) is 35.8 Å². The normalized spacial score (nSPS) is 14.2. The second-order valence-corrected chi connectivity index (χ2v) is 15.8. The van der Waals surface area contributed by atoms with Crippen LogP contribution in [0.3, 0.4) is 0 Å². The second-order valence-electron chi connectivity index (χ2n) is 15.4. The first kappa shape index (κ1) is 38.1. The van der Waals surface area contributed by atoms with Crippen molar-refractivity contribution in [3.8, 4) is 5.69 Å². The standard InChI is InChI=1S/C21H29N7O.C17H25ClFN/c1-21(2,3)17-11-15-13-28(20(29)27-18(15)26-17)16-7-5-14(6-8-16)12-24-9-4-10-25-19(22)23;1-16(2,3)13-9-12(10-14(19)15(13)18)5-8-17(11-20)6-4-7-17/h5-8,11,13,24H,4,9-10,12H2,1-3H3,(H4,22,23,25)(H,26,27,29);9-10H,4-8,11,20H2,1-3H3. The lowest BCUT2D eigenvalue weighted by Gasteiger charge is -2.41. The van der Waals surface area contributed by atoms with Gasteiger partial charge in [0.2, 0.25) is 0 Å². The fraction of sp³-hybridized carbons (Fsp3) is 0.500. The summed E-state index contributed by atoms with van der Waals surface area (Å²) in [6.07, 6.45) is 8.34. The predicted molar refractivity (Wildman–Crippen MR) is 201 cm³/mol. The maximum absolute atomic E-state index is 14.0. The number of hydrogen-bond donors (Lipinski definition) is 5. The molecular formula is C38H54ClFN8O. The Balaban J connectivity index is 0.000000237. The van der Waals surface area contributed by atoms with E-state index in [1.807, 2.05) is 30.5 Å². The van der Waals surface area contributed by atoms with Crippen molar-refractivity contribution in [3.63, 3.8) is 0 Å². The molecule has 2 aromatic heterocycles. The van der Waals surface area contributed by atoms with Gasteiger partial charge in [-0.05, 0) is 97.0 Å². The van der Waals surface area contributed by atoms with Gasteiger partial charge >= 0.3 is 5.69 Å². The number of nitrogens with zero attached hydrogens (tertiary/aromatic N) is 3. The minimum absolute atomic E-state index is 0.0352. The lowest BCUT2D eigenvalue weighted by Crippen LogP contribution is -2.37. The summed E-state index contributed by atoms with van der Waals surface area (Å²) in [4.78, 5) is 23.9. The molecule has 9 nitrogen and oxygen atoms in total. The summed E-state index contributed by atoms with van der Waals surface area (Å²) in [7, 11) is 0. The van der Waals surface area contributed by atoms with E-state index in [1.165, 1.54) is 19.3 Å². The highest BCUT2D eigenvalue weighted by Crippen LogP contribution is 2.44. The van der Waals surface area contributed by atoms with E-state index in [0.29, 0.717) is 17.6 Å².